The van der Waals surface area contributed by atoms with Crippen LogP contribution in [0.4, 0.5) is 4.79 Å². The number of hydrogen-bond donors (Lipinski definition) is 0. The first-order chi connectivity index (χ1) is 12.1. The van der Waals surface area contributed by atoms with E-state index in [1.165, 1.54) is 0 Å². The molecular formula is C19H33N3O4. The molecule has 0 aromatic rings. The third kappa shape index (κ3) is 5.35. The van der Waals surface area contributed by atoms with Crippen molar-refractivity contribution in [1.82, 2.24) is 14.7 Å². The first-order valence-electron chi connectivity index (χ1n) is 9.64. The van der Waals surface area contributed by atoms with Crippen molar-refractivity contribution in [2.24, 2.45) is 11.8 Å². The molecule has 0 aromatic carbocycles. The Morgan fingerprint density at radius 3 is 2.04 bits per heavy atom. The molecule has 148 valence electrons. The molecule has 0 aromatic heterocycles. The first kappa shape index (κ1) is 20.5. The molecule has 0 N–H and O–H groups in total. The largest absolute Gasteiger partial charge is 0.444 e. The van der Waals surface area contributed by atoms with Crippen LogP contribution >= 0.6 is 0 Å². The van der Waals surface area contributed by atoms with Gasteiger partial charge in [-0.2, -0.15) is 0 Å². The van der Waals surface area contributed by atoms with Gasteiger partial charge in [-0.25, -0.2) is 4.79 Å². The van der Waals surface area contributed by atoms with Crippen molar-refractivity contribution in [1.29, 1.82) is 0 Å². The van der Waals surface area contributed by atoms with Crippen molar-refractivity contribution >= 4 is 17.9 Å². The molecule has 7 nitrogen and oxygen atoms in total. The minimum absolute atomic E-state index is 0.0158. The van der Waals surface area contributed by atoms with Crippen molar-refractivity contribution in [3.05, 3.63) is 0 Å². The Bertz CT molecular complexity index is 533. The topological polar surface area (TPSA) is 70.2 Å². The van der Waals surface area contributed by atoms with Crippen molar-refractivity contribution in [3.8, 4) is 0 Å². The van der Waals surface area contributed by atoms with Crippen LogP contribution in [0.3, 0.4) is 0 Å². The molecule has 2 rings (SSSR count). The van der Waals surface area contributed by atoms with Gasteiger partial charge in [0.05, 0.1) is 5.92 Å². The Hall–Kier alpha value is -1.79. The number of carbonyl (C=O) groups excluding carboxylic acids is 3. The second-order valence-electron chi connectivity index (χ2n) is 8.57. The van der Waals surface area contributed by atoms with Gasteiger partial charge < -0.3 is 19.4 Å². The second kappa shape index (κ2) is 8.27. The van der Waals surface area contributed by atoms with Crippen LogP contribution in [0.2, 0.25) is 0 Å². The smallest absolute Gasteiger partial charge is 0.410 e. The molecule has 1 atom stereocenters. The molecule has 1 unspecified atom stereocenters. The van der Waals surface area contributed by atoms with E-state index in [4.69, 9.17) is 4.74 Å². The second-order valence-corrected chi connectivity index (χ2v) is 8.57. The lowest BCUT2D eigenvalue weighted by atomic mass is 9.96. The number of amides is 3. The van der Waals surface area contributed by atoms with E-state index in [0.717, 1.165) is 12.8 Å². The van der Waals surface area contributed by atoms with Crippen LogP contribution in [0, 0.1) is 11.8 Å². The van der Waals surface area contributed by atoms with E-state index < -0.39 is 5.60 Å². The summed E-state index contributed by atoms with van der Waals surface area (Å²) < 4.78 is 5.43. The maximum absolute atomic E-state index is 12.9. The summed E-state index contributed by atoms with van der Waals surface area (Å²) in [5, 5.41) is 0. The molecule has 26 heavy (non-hydrogen) atoms. The number of carbonyl (C=O) groups is 3. The highest BCUT2D eigenvalue weighted by atomic mass is 16.6. The predicted octanol–water partition coefficient (Wildman–Crippen LogP) is 1.96. The van der Waals surface area contributed by atoms with Gasteiger partial charge in [-0.15, -0.1) is 0 Å². The van der Waals surface area contributed by atoms with Gasteiger partial charge in [-0.3, -0.25) is 9.59 Å². The Labute approximate surface area is 156 Å². The lowest BCUT2D eigenvalue weighted by molar-refractivity contribution is -0.144. The van der Waals surface area contributed by atoms with Gasteiger partial charge in [0.2, 0.25) is 11.8 Å². The van der Waals surface area contributed by atoms with Crippen LogP contribution in [0.1, 0.15) is 47.5 Å². The number of likely N-dealkylation sites (tertiary alicyclic amines) is 1. The molecule has 0 radical (unpaired) electrons. The van der Waals surface area contributed by atoms with E-state index in [1.54, 1.807) is 4.90 Å². The Kier molecular flexibility index (Phi) is 6.53. The Morgan fingerprint density at radius 1 is 0.923 bits per heavy atom. The summed E-state index contributed by atoms with van der Waals surface area (Å²) in [6, 6.07) is 0. The average Bonchev–Trinajstić information content (AvgIpc) is 2.59. The Balaban J connectivity index is 1.88. The minimum atomic E-state index is -0.534. The molecule has 0 bridgehead atoms. The zero-order valence-corrected chi connectivity index (χ0v) is 16.8. The molecule has 0 spiro atoms. The van der Waals surface area contributed by atoms with E-state index >= 15 is 0 Å². The van der Waals surface area contributed by atoms with Crippen molar-refractivity contribution in [3.63, 3.8) is 0 Å². The van der Waals surface area contributed by atoms with Gasteiger partial charge in [-0.1, -0.05) is 13.8 Å². The summed E-state index contributed by atoms with van der Waals surface area (Å²) in [5.74, 6) is 0.0439. The number of ether oxygens (including phenoxy) is 1. The van der Waals surface area contributed by atoms with E-state index in [0.29, 0.717) is 39.3 Å². The molecule has 2 heterocycles. The normalized spacial score (nSPS) is 21.8. The molecule has 2 saturated heterocycles. The van der Waals surface area contributed by atoms with Crippen LogP contribution in [-0.4, -0.2) is 77.5 Å². The predicted molar refractivity (Wildman–Crippen MR) is 98.5 cm³/mol. The average molecular weight is 367 g/mol. The molecule has 3 amide bonds. The fraction of sp³-hybridized carbons (Fsp3) is 0.842. The van der Waals surface area contributed by atoms with Gasteiger partial charge in [0.15, 0.2) is 0 Å². The third-order valence-corrected chi connectivity index (χ3v) is 4.82. The summed E-state index contributed by atoms with van der Waals surface area (Å²) in [7, 11) is 0. The molecule has 2 aliphatic heterocycles. The van der Waals surface area contributed by atoms with Crippen molar-refractivity contribution in [2.45, 2.75) is 53.1 Å². The lowest BCUT2D eigenvalue weighted by Crippen LogP contribution is -2.54. The fourth-order valence-corrected chi connectivity index (χ4v) is 3.44. The number of piperidine rings is 1. The summed E-state index contributed by atoms with van der Waals surface area (Å²) in [6.45, 7) is 12.7. The molecule has 7 heteroatoms. The zero-order chi connectivity index (χ0) is 19.5. The summed E-state index contributed by atoms with van der Waals surface area (Å²) >= 11 is 0. The lowest BCUT2D eigenvalue weighted by Gasteiger charge is -2.39. The maximum atomic E-state index is 12.9. The van der Waals surface area contributed by atoms with Crippen LogP contribution in [-0.2, 0) is 14.3 Å². The number of nitrogens with zero attached hydrogens (tertiary/aromatic N) is 3. The third-order valence-electron chi connectivity index (χ3n) is 4.82. The molecule has 2 aliphatic rings. The van der Waals surface area contributed by atoms with Crippen molar-refractivity contribution < 1.29 is 19.1 Å². The van der Waals surface area contributed by atoms with E-state index in [-0.39, 0.29) is 29.7 Å². The van der Waals surface area contributed by atoms with E-state index in [1.807, 2.05) is 44.4 Å². The van der Waals surface area contributed by atoms with Gasteiger partial charge >= 0.3 is 6.09 Å². The first-order valence-corrected chi connectivity index (χ1v) is 9.64. The highest BCUT2D eigenvalue weighted by molar-refractivity contribution is 5.81. The van der Waals surface area contributed by atoms with E-state index in [2.05, 4.69) is 0 Å². The number of rotatable bonds is 2. The van der Waals surface area contributed by atoms with Gasteiger partial charge in [-0.05, 0) is 33.6 Å². The van der Waals surface area contributed by atoms with E-state index in [9.17, 15) is 14.4 Å². The highest BCUT2D eigenvalue weighted by Crippen LogP contribution is 2.22. The standard InChI is InChI=1S/C19H33N3O4/c1-14(2)16(23)20-9-11-21(12-10-20)17(24)15-7-6-8-22(13-15)18(25)26-19(3,4)5/h14-15H,6-13H2,1-5H3. The Morgan fingerprint density at radius 2 is 1.50 bits per heavy atom. The van der Waals surface area contributed by atoms with Gasteiger partial charge in [0, 0.05) is 45.2 Å². The SMILES string of the molecule is CC(C)C(=O)N1CCN(C(=O)C2CCCN(C(=O)OC(C)(C)C)C2)CC1. The summed E-state index contributed by atoms with van der Waals surface area (Å²) in [4.78, 5) is 42.5. The minimum Gasteiger partial charge on any atom is -0.444 e. The monoisotopic (exact) mass is 367 g/mol. The quantitative estimate of drug-likeness (QED) is 0.748. The summed E-state index contributed by atoms with van der Waals surface area (Å²) in [6.07, 6.45) is 1.26. The molecule has 2 fully saturated rings. The molecular weight excluding hydrogens is 334 g/mol. The number of hydrogen-bond acceptors (Lipinski definition) is 4. The zero-order valence-electron chi connectivity index (χ0n) is 16.8. The fourth-order valence-electron chi connectivity index (χ4n) is 3.44. The molecule has 0 saturated carbocycles. The highest BCUT2D eigenvalue weighted by Gasteiger charge is 2.34. The maximum Gasteiger partial charge on any atom is 0.410 e. The van der Waals surface area contributed by atoms with Crippen LogP contribution < -0.4 is 0 Å². The summed E-state index contributed by atoms with van der Waals surface area (Å²) in [5.41, 5.74) is -0.534. The van der Waals surface area contributed by atoms with Crippen LogP contribution in [0.15, 0.2) is 0 Å². The van der Waals surface area contributed by atoms with Crippen LogP contribution in [0.5, 0.6) is 0 Å². The van der Waals surface area contributed by atoms with Gasteiger partial charge in [0.25, 0.3) is 0 Å². The molecule has 0 aliphatic carbocycles. The van der Waals surface area contributed by atoms with Crippen LogP contribution in [0.25, 0.3) is 0 Å². The van der Waals surface area contributed by atoms with Gasteiger partial charge in [0.1, 0.15) is 5.60 Å². The van der Waals surface area contributed by atoms with Crippen molar-refractivity contribution in [2.75, 3.05) is 39.3 Å². The number of piperazine rings is 1.